The monoisotopic (exact) mass is 313 g/mol. The summed E-state index contributed by atoms with van der Waals surface area (Å²) in [5.41, 5.74) is 3.80. The van der Waals surface area contributed by atoms with Gasteiger partial charge in [-0.25, -0.2) is 4.79 Å². The summed E-state index contributed by atoms with van der Waals surface area (Å²) in [5.74, 6) is 0.771. The minimum absolute atomic E-state index is 0.0264. The number of nitrogens with zero attached hydrogens (tertiary/aromatic N) is 2. The Morgan fingerprint density at radius 3 is 2.43 bits per heavy atom. The Labute approximate surface area is 136 Å². The third-order valence-electron chi connectivity index (χ3n) is 4.13. The summed E-state index contributed by atoms with van der Waals surface area (Å²) >= 11 is 0. The molecule has 5 heteroatoms. The molecule has 0 atom stereocenters. The standard InChI is InChI=1S/C18H23N3O2/c1-14-10-15(2)12-16(11-14)20-5-7-21(8-6-20)18(22)19-13-17-4-3-9-23-17/h3-4,9-12H,5-8,13H2,1-2H3,(H,19,22). The van der Waals surface area contributed by atoms with Crippen molar-refractivity contribution in [3.63, 3.8) is 0 Å². The predicted octanol–water partition coefficient (Wildman–Crippen LogP) is 2.93. The van der Waals surface area contributed by atoms with Crippen molar-refractivity contribution in [3.05, 3.63) is 53.5 Å². The molecule has 122 valence electrons. The SMILES string of the molecule is Cc1cc(C)cc(N2CCN(C(=O)NCc3ccco3)CC2)c1. The van der Waals surface area contributed by atoms with E-state index in [1.807, 2.05) is 17.0 Å². The van der Waals surface area contributed by atoms with Gasteiger partial charge in [-0.05, 0) is 49.2 Å². The Balaban J connectivity index is 1.52. The molecule has 0 bridgehead atoms. The molecule has 1 fully saturated rings. The van der Waals surface area contributed by atoms with Gasteiger partial charge in [-0.2, -0.15) is 0 Å². The summed E-state index contributed by atoms with van der Waals surface area (Å²) in [6, 6.07) is 10.3. The lowest BCUT2D eigenvalue weighted by Gasteiger charge is -2.36. The van der Waals surface area contributed by atoms with Crippen LogP contribution in [0.1, 0.15) is 16.9 Å². The first kappa shape index (κ1) is 15.5. The molecule has 0 unspecified atom stereocenters. The first-order valence-corrected chi connectivity index (χ1v) is 8.00. The molecule has 1 aliphatic heterocycles. The van der Waals surface area contributed by atoms with Crippen LogP contribution in [0.2, 0.25) is 0 Å². The van der Waals surface area contributed by atoms with Crippen molar-refractivity contribution in [2.45, 2.75) is 20.4 Å². The molecule has 1 aromatic carbocycles. The number of hydrogen-bond acceptors (Lipinski definition) is 3. The van der Waals surface area contributed by atoms with Gasteiger partial charge in [-0.3, -0.25) is 0 Å². The van der Waals surface area contributed by atoms with Crippen LogP contribution in [-0.2, 0) is 6.54 Å². The summed E-state index contributed by atoms with van der Waals surface area (Å²) in [7, 11) is 0. The van der Waals surface area contributed by atoms with E-state index in [0.717, 1.165) is 31.9 Å². The number of nitrogens with one attached hydrogen (secondary N) is 1. The molecule has 1 saturated heterocycles. The first-order chi connectivity index (χ1) is 11.1. The number of anilines is 1. The highest BCUT2D eigenvalue weighted by atomic mass is 16.3. The van der Waals surface area contributed by atoms with Crippen LogP contribution in [0.4, 0.5) is 10.5 Å². The molecule has 1 N–H and O–H groups in total. The van der Waals surface area contributed by atoms with Crippen molar-refractivity contribution in [2.24, 2.45) is 0 Å². The molecule has 0 spiro atoms. The fourth-order valence-electron chi connectivity index (χ4n) is 2.99. The molecule has 2 aromatic rings. The number of urea groups is 1. The van der Waals surface area contributed by atoms with Gasteiger partial charge >= 0.3 is 6.03 Å². The lowest BCUT2D eigenvalue weighted by atomic mass is 10.1. The highest BCUT2D eigenvalue weighted by molar-refractivity contribution is 5.74. The van der Waals surface area contributed by atoms with E-state index in [9.17, 15) is 4.79 Å². The zero-order valence-electron chi connectivity index (χ0n) is 13.7. The van der Waals surface area contributed by atoms with E-state index < -0.39 is 0 Å². The summed E-state index contributed by atoms with van der Waals surface area (Å²) in [4.78, 5) is 16.4. The van der Waals surface area contributed by atoms with E-state index in [2.05, 4.69) is 42.3 Å². The highest BCUT2D eigenvalue weighted by Crippen LogP contribution is 2.20. The normalized spacial score (nSPS) is 14.9. The third-order valence-corrected chi connectivity index (χ3v) is 4.13. The molecule has 2 heterocycles. The number of rotatable bonds is 3. The van der Waals surface area contributed by atoms with Gasteiger partial charge in [0.15, 0.2) is 0 Å². The number of furan rings is 1. The number of hydrogen-bond donors (Lipinski definition) is 1. The lowest BCUT2D eigenvalue weighted by Crippen LogP contribution is -2.51. The van der Waals surface area contributed by atoms with Gasteiger partial charge in [-0.1, -0.05) is 6.07 Å². The minimum atomic E-state index is -0.0264. The molecule has 2 amide bonds. The van der Waals surface area contributed by atoms with Crippen molar-refractivity contribution in [1.29, 1.82) is 0 Å². The maximum absolute atomic E-state index is 12.2. The molecule has 3 rings (SSSR count). The molecule has 0 saturated carbocycles. The van der Waals surface area contributed by atoms with Crippen LogP contribution in [0.5, 0.6) is 0 Å². The molecule has 1 aromatic heterocycles. The van der Waals surface area contributed by atoms with Gasteiger partial charge in [-0.15, -0.1) is 0 Å². The summed E-state index contributed by atoms with van der Waals surface area (Å²) in [6.45, 7) is 7.86. The first-order valence-electron chi connectivity index (χ1n) is 8.00. The number of carbonyl (C=O) groups excluding carboxylic acids is 1. The van der Waals surface area contributed by atoms with Gasteiger partial charge < -0.3 is 19.5 Å². The largest absolute Gasteiger partial charge is 0.467 e. The van der Waals surface area contributed by atoms with Gasteiger partial charge in [0.05, 0.1) is 12.8 Å². The molecule has 0 radical (unpaired) electrons. The zero-order valence-corrected chi connectivity index (χ0v) is 13.7. The maximum atomic E-state index is 12.2. The summed E-state index contributed by atoms with van der Waals surface area (Å²) < 4.78 is 5.23. The van der Waals surface area contributed by atoms with Crippen LogP contribution in [0, 0.1) is 13.8 Å². The zero-order chi connectivity index (χ0) is 16.2. The van der Waals surface area contributed by atoms with Crippen molar-refractivity contribution >= 4 is 11.7 Å². The minimum Gasteiger partial charge on any atom is -0.467 e. The Hall–Kier alpha value is -2.43. The lowest BCUT2D eigenvalue weighted by molar-refractivity contribution is 0.193. The number of amides is 2. The quantitative estimate of drug-likeness (QED) is 0.948. The number of aryl methyl sites for hydroxylation is 2. The maximum Gasteiger partial charge on any atom is 0.317 e. The summed E-state index contributed by atoms with van der Waals surface area (Å²) in [6.07, 6.45) is 1.62. The Kier molecular flexibility index (Phi) is 4.55. The second-order valence-corrected chi connectivity index (χ2v) is 6.06. The van der Waals surface area contributed by atoms with Crippen LogP contribution in [0.25, 0.3) is 0 Å². The fourth-order valence-corrected chi connectivity index (χ4v) is 2.99. The molecular weight excluding hydrogens is 290 g/mol. The van der Waals surface area contributed by atoms with Crippen LogP contribution >= 0.6 is 0 Å². The second-order valence-electron chi connectivity index (χ2n) is 6.06. The Morgan fingerprint density at radius 1 is 1.13 bits per heavy atom. The van der Waals surface area contributed by atoms with Crippen LogP contribution in [-0.4, -0.2) is 37.1 Å². The van der Waals surface area contributed by atoms with Crippen LogP contribution < -0.4 is 10.2 Å². The third kappa shape index (κ3) is 3.86. The number of carbonyl (C=O) groups is 1. The average molecular weight is 313 g/mol. The molecular formula is C18H23N3O2. The summed E-state index contributed by atoms with van der Waals surface area (Å²) in [5, 5.41) is 2.90. The number of piperazine rings is 1. The van der Waals surface area contributed by atoms with Crippen molar-refractivity contribution in [3.8, 4) is 0 Å². The smallest absolute Gasteiger partial charge is 0.317 e. The van der Waals surface area contributed by atoms with Gasteiger partial charge in [0.1, 0.15) is 5.76 Å². The van der Waals surface area contributed by atoms with Crippen molar-refractivity contribution < 1.29 is 9.21 Å². The van der Waals surface area contributed by atoms with Crippen molar-refractivity contribution in [2.75, 3.05) is 31.1 Å². The van der Waals surface area contributed by atoms with E-state index in [-0.39, 0.29) is 6.03 Å². The van der Waals surface area contributed by atoms with E-state index in [1.54, 1.807) is 6.26 Å². The topological polar surface area (TPSA) is 48.7 Å². The Morgan fingerprint density at radius 2 is 1.83 bits per heavy atom. The van der Waals surface area contributed by atoms with E-state index in [0.29, 0.717) is 6.54 Å². The van der Waals surface area contributed by atoms with Crippen LogP contribution in [0.15, 0.2) is 41.0 Å². The Bertz CT molecular complexity index is 639. The van der Waals surface area contributed by atoms with E-state index in [1.165, 1.54) is 16.8 Å². The molecule has 23 heavy (non-hydrogen) atoms. The van der Waals surface area contributed by atoms with Gasteiger partial charge in [0.25, 0.3) is 0 Å². The average Bonchev–Trinajstić information content (AvgIpc) is 3.05. The number of benzene rings is 1. The van der Waals surface area contributed by atoms with E-state index in [4.69, 9.17) is 4.42 Å². The van der Waals surface area contributed by atoms with E-state index >= 15 is 0 Å². The second kappa shape index (κ2) is 6.77. The van der Waals surface area contributed by atoms with Gasteiger partial charge in [0, 0.05) is 31.9 Å². The highest BCUT2D eigenvalue weighted by Gasteiger charge is 2.21. The molecule has 5 nitrogen and oxygen atoms in total. The molecule has 0 aliphatic carbocycles. The van der Waals surface area contributed by atoms with Crippen molar-refractivity contribution in [1.82, 2.24) is 10.2 Å². The predicted molar refractivity (Wildman–Crippen MR) is 90.6 cm³/mol. The van der Waals surface area contributed by atoms with Crippen LogP contribution in [0.3, 0.4) is 0 Å². The fraction of sp³-hybridized carbons (Fsp3) is 0.389. The molecule has 1 aliphatic rings. The van der Waals surface area contributed by atoms with Gasteiger partial charge in [0.2, 0.25) is 0 Å².